The summed E-state index contributed by atoms with van der Waals surface area (Å²) in [5, 5.41) is 0. The van der Waals surface area contributed by atoms with Gasteiger partial charge in [-0.1, -0.05) is 12.1 Å². The van der Waals surface area contributed by atoms with Crippen LogP contribution >= 0.6 is 0 Å². The number of ether oxygens (including phenoxy) is 2. The third kappa shape index (κ3) is 3.45. The topological polar surface area (TPSA) is 72.2 Å². The average Bonchev–Trinajstić information content (AvgIpc) is 3.42. The molecule has 2 amide bonds. The van der Waals surface area contributed by atoms with Crippen molar-refractivity contribution in [2.75, 3.05) is 33.9 Å². The Labute approximate surface area is 170 Å². The highest BCUT2D eigenvalue weighted by Crippen LogP contribution is 2.41. The second-order valence-electron chi connectivity index (χ2n) is 7.72. The Balaban J connectivity index is 1.51. The van der Waals surface area contributed by atoms with Crippen molar-refractivity contribution >= 4 is 11.8 Å². The van der Waals surface area contributed by atoms with Gasteiger partial charge in [-0.15, -0.1) is 0 Å². The van der Waals surface area contributed by atoms with Gasteiger partial charge in [0.25, 0.3) is 5.91 Å². The van der Waals surface area contributed by atoms with Gasteiger partial charge in [-0.05, 0) is 37.5 Å². The molecule has 0 N–H and O–H groups in total. The van der Waals surface area contributed by atoms with E-state index in [9.17, 15) is 9.59 Å². The number of carbonyl (C=O) groups is 2. The van der Waals surface area contributed by atoms with E-state index in [0.717, 1.165) is 18.4 Å². The highest BCUT2D eigenvalue weighted by Gasteiger charge is 2.49. The first kappa shape index (κ1) is 19.4. The number of nitrogens with zero attached hydrogens (tertiary/aromatic N) is 2. The number of furan rings is 1. The Morgan fingerprint density at radius 2 is 2.00 bits per heavy atom. The van der Waals surface area contributed by atoms with Gasteiger partial charge in [-0.2, -0.15) is 0 Å². The number of carbonyl (C=O) groups excluding carboxylic acids is 2. The fourth-order valence-electron chi connectivity index (χ4n) is 4.57. The van der Waals surface area contributed by atoms with Crippen LogP contribution in [0, 0.1) is 5.41 Å². The Kier molecular flexibility index (Phi) is 5.22. The second-order valence-corrected chi connectivity index (χ2v) is 7.72. The van der Waals surface area contributed by atoms with E-state index in [2.05, 4.69) is 0 Å². The van der Waals surface area contributed by atoms with Crippen LogP contribution in [0.3, 0.4) is 0 Å². The molecule has 2 aromatic rings. The van der Waals surface area contributed by atoms with Gasteiger partial charge in [0, 0.05) is 31.7 Å². The van der Waals surface area contributed by atoms with Crippen LogP contribution in [-0.4, -0.2) is 55.5 Å². The van der Waals surface area contributed by atoms with Crippen LogP contribution in [0.25, 0.3) is 0 Å². The smallest absolute Gasteiger partial charge is 0.289 e. The molecule has 2 aliphatic rings. The third-order valence-corrected chi connectivity index (χ3v) is 6.04. The van der Waals surface area contributed by atoms with E-state index in [1.165, 1.54) is 6.26 Å². The van der Waals surface area contributed by atoms with Crippen molar-refractivity contribution in [2.24, 2.45) is 5.41 Å². The lowest BCUT2D eigenvalue weighted by atomic mass is 9.78. The first-order valence-electron chi connectivity index (χ1n) is 9.90. The quantitative estimate of drug-likeness (QED) is 0.774. The number of piperidine rings is 1. The lowest BCUT2D eigenvalue weighted by Crippen LogP contribution is -2.50. The van der Waals surface area contributed by atoms with Crippen LogP contribution in [0.1, 0.15) is 35.4 Å². The molecule has 0 saturated carbocycles. The Bertz CT molecular complexity index is 895. The predicted octanol–water partition coefficient (Wildman–Crippen LogP) is 2.95. The molecule has 4 rings (SSSR count). The van der Waals surface area contributed by atoms with Gasteiger partial charge in [0.1, 0.15) is 0 Å². The molecular formula is C22H26N2O5. The molecule has 0 radical (unpaired) electrons. The van der Waals surface area contributed by atoms with Crippen molar-refractivity contribution in [1.29, 1.82) is 0 Å². The maximum Gasteiger partial charge on any atom is 0.289 e. The summed E-state index contributed by atoms with van der Waals surface area (Å²) in [5.41, 5.74) is 0.408. The lowest BCUT2D eigenvalue weighted by Gasteiger charge is -2.39. The molecule has 7 heteroatoms. The zero-order valence-electron chi connectivity index (χ0n) is 16.8. The lowest BCUT2D eigenvalue weighted by molar-refractivity contribution is -0.146. The standard InChI is InChI=1S/C22H26N2O5/c1-27-17-7-3-6-16(19(17)28-2)14-23-11-5-9-22(21(23)26)10-12-24(15-22)20(25)18-8-4-13-29-18/h3-4,6-8,13H,5,9-12,14-15H2,1-2H3. The fraction of sp³-hybridized carbons (Fsp3) is 0.455. The Morgan fingerprint density at radius 1 is 1.14 bits per heavy atom. The number of benzene rings is 1. The normalized spacial score (nSPS) is 21.7. The van der Waals surface area contributed by atoms with Crippen molar-refractivity contribution in [3.63, 3.8) is 0 Å². The Hall–Kier alpha value is -2.96. The highest BCUT2D eigenvalue weighted by atomic mass is 16.5. The molecule has 7 nitrogen and oxygen atoms in total. The van der Waals surface area contributed by atoms with E-state index in [4.69, 9.17) is 13.9 Å². The summed E-state index contributed by atoms with van der Waals surface area (Å²) in [7, 11) is 3.21. The summed E-state index contributed by atoms with van der Waals surface area (Å²) in [6.07, 6.45) is 3.90. The minimum absolute atomic E-state index is 0.114. The zero-order chi connectivity index (χ0) is 20.4. The first-order valence-corrected chi connectivity index (χ1v) is 9.90. The van der Waals surface area contributed by atoms with Gasteiger partial charge >= 0.3 is 0 Å². The maximum atomic E-state index is 13.5. The van der Waals surface area contributed by atoms with Crippen LogP contribution in [0.2, 0.25) is 0 Å². The molecule has 1 aromatic heterocycles. The molecule has 2 fully saturated rings. The van der Waals surface area contributed by atoms with Crippen LogP contribution in [0.15, 0.2) is 41.0 Å². The number of amides is 2. The molecule has 0 aliphatic carbocycles. The van der Waals surface area contributed by atoms with Crippen LogP contribution in [-0.2, 0) is 11.3 Å². The Morgan fingerprint density at radius 3 is 2.72 bits per heavy atom. The zero-order valence-corrected chi connectivity index (χ0v) is 16.8. The van der Waals surface area contributed by atoms with E-state index in [0.29, 0.717) is 49.9 Å². The average molecular weight is 398 g/mol. The monoisotopic (exact) mass is 398 g/mol. The van der Waals surface area contributed by atoms with E-state index in [1.54, 1.807) is 31.3 Å². The molecule has 3 heterocycles. The predicted molar refractivity (Wildman–Crippen MR) is 106 cm³/mol. The summed E-state index contributed by atoms with van der Waals surface area (Å²) in [5.74, 6) is 1.60. The summed E-state index contributed by atoms with van der Waals surface area (Å²) < 4.78 is 16.2. The summed E-state index contributed by atoms with van der Waals surface area (Å²) in [4.78, 5) is 29.7. The van der Waals surface area contributed by atoms with Crippen LogP contribution in [0.4, 0.5) is 0 Å². The number of hydrogen-bond donors (Lipinski definition) is 0. The molecule has 2 aliphatic heterocycles. The molecule has 0 bridgehead atoms. The number of hydrogen-bond acceptors (Lipinski definition) is 5. The molecule has 2 saturated heterocycles. The van der Waals surface area contributed by atoms with Gasteiger partial charge < -0.3 is 23.7 Å². The van der Waals surface area contributed by atoms with E-state index < -0.39 is 5.41 Å². The highest BCUT2D eigenvalue weighted by molar-refractivity contribution is 5.93. The van der Waals surface area contributed by atoms with Gasteiger partial charge in [0.05, 0.1) is 25.9 Å². The molecule has 154 valence electrons. The fourth-order valence-corrected chi connectivity index (χ4v) is 4.57. The summed E-state index contributed by atoms with van der Waals surface area (Å²) in [6, 6.07) is 9.07. The summed E-state index contributed by atoms with van der Waals surface area (Å²) >= 11 is 0. The molecule has 1 aromatic carbocycles. The molecule has 1 spiro atoms. The van der Waals surface area contributed by atoms with Crippen molar-refractivity contribution < 1.29 is 23.5 Å². The number of methoxy groups -OCH3 is 2. The number of likely N-dealkylation sites (tertiary alicyclic amines) is 2. The van der Waals surface area contributed by atoms with Crippen molar-refractivity contribution in [3.8, 4) is 11.5 Å². The largest absolute Gasteiger partial charge is 0.493 e. The minimum atomic E-state index is -0.507. The van der Waals surface area contributed by atoms with Crippen molar-refractivity contribution in [2.45, 2.75) is 25.8 Å². The molecule has 1 unspecified atom stereocenters. The van der Waals surface area contributed by atoms with E-state index >= 15 is 0 Å². The number of para-hydroxylation sites is 1. The maximum absolute atomic E-state index is 13.5. The molecule has 29 heavy (non-hydrogen) atoms. The van der Waals surface area contributed by atoms with Gasteiger partial charge in [-0.25, -0.2) is 0 Å². The third-order valence-electron chi connectivity index (χ3n) is 6.04. The van der Waals surface area contributed by atoms with Crippen LogP contribution < -0.4 is 9.47 Å². The van der Waals surface area contributed by atoms with E-state index in [1.807, 2.05) is 23.1 Å². The minimum Gasteiger partial charge on any atom is -0.493 e. The van der Waals surface area contributed by atoms with Crippen molar-refractivity contribution in [3.05, 3.63) is 47.9 Å². The van der Waals surface area contributed by atoms with E-state index in [-0.39, 0.29) is 11.8 Å². The first-order chi connectivity index (χ1) is 14.1. The van der Waals surface area contributed by atoms with Gasteiger partial charge in [0.2, 0.25) is 5.91 Å². The molecular weight excluding hydrogens is 372 g/mol. The number of rotatable bonds is 5. The van der Waals surface area contributed by atoms with Crippen LogP contribution in [0.5, 0.6) is 11.5 Å². The van der Waals surface area contributed by atoms with Crippen molar-refractivity contribution in [1.82, 2.24) is 9.80 Å². The molecule has 1 atom stereocenters. The SMILES string of the molecule is COc1cccc(CN2CCCC3(CCN(C(=O)c4ccco4)C3)C2=O)c1OC. The second kappa shape index (κ2) is 7.81. The van der Waals surface area contributed by atoms with Gasteiger partial charge in [-0.3, -0.25) is 9.59 Å². The van der Waals surface area contributed by atoms with Gasteiger partial charge in [0.15, 0.2) is 17.3 Å². The summed E-state index contributed by atoms with van der Waals surface area (Å²) in [6.45, 7) is 2.18.